The standard InChI is InChI=1S/C14H18N2O3/c1-16(12-6-3-7-12)14(19)15-9-10-4-2-5-11(8-10)13(17)18/h2,4-5,8,12H,3,6-7,9H2,1H3,(H,15,19)(H,17,18). The Labute approximate surface area is 112 Å². The molecule has 0 radical (unpaired) electrons. The minimum absolute atomic E-state index is 0.106. The van der Waals surface area contributed by atoms with Crippen LogP contribution in [0.25, 0.3) is 0 Å². The molecule has 5 nitrogen and oxygen atoms in total. The zero-order valence-corrected chi connectivity index (χ0v) is 10.9. The molecule has 0 aliphatic heterocycles. The Hall–Kier alpha value is -2.04. The van der Waals surface area contributed by atoms with Crippen LogP contribution in [0.1, 0.15) is 35.2 Å². The molecule has 1 saturated carbocycles. The van der Waals surface area contributed by atoms with Gasteiger partial charge >= 0.3 is 12.0 Å². The molecule has 1 fully saturated rings. The number of amides is 2. The van der Waals surface area contributed by atoms with E-state index >= 15 is 0 Å². The number of carbonyl (C=O) groups is 2. The first-order chi connectivity index (χ1) is 9.08. The largest absolute Gasteiger partial charge is 0.478 e. The molecular formula is C14H18N2O3. The van der Waals surface area contributed by atoms with Crippen LogP contribution < -0.4 is 5.32 Å². The van der Waals surface area contributed by atoms with Gasteiger partial charge in [0.1, 0.15) is 0 Å². The summed E-state index contributed by atoms with van der Waals surface area (Å²) in [6.45, 7) is 0.344. The monoisotopic (exact) mass is 262 g/mol. The van der Waals surface area contributed by atoms with Gasteiger partial charge in [-0.15, -0.1) is 0 Å². The summed E-state index contributed by atoms with van der Waals surface area (Å²) >= 11 is 0. The van der Waals surface area contributed by atoms with Crippen molar-refractivity contribution in [2.45, 2.75) is 31.8 Å². The fourth-order valence-electron chi connectivity index (χ4n) is 2.06. The second-order valence-electron chi connectivity index (χ2n) is 4.86. The van der Waals surface area contributed by atoms with Crippen LogP contribution in [0.3, 0.4) is 0 Å². The minimum Gasteiger partial charge on any atom is -0.478 e. The molecule has 0 unspecified atom stereocenters. The number of carbonyl (C=O) groups excluding carboxylic acids is 1. The summed E-state index contributed by atoms with van der Waals surface area (Å²) in [6, 6.07) is 6.84. The molecule has 2 N–H and O–H groups in total. The van der Waals surface area contributed by atoms with Crippen molar-refractivity contribution in [3.8, 4) is 0 Å². The number of hydrogen-bond donors (Lipinski definition) is 2. The number of nitrogens with one attached hydrogen (secondary N) is 1. The molecule has 19 heavy (non-hydrogen) atoms. The molecule has 2 amide bonds. The Morgan fingerprint density at radius 1 is 1.42 bits per heavy atom. The van der Waals surface area contributed by atoms with Crippen molar-refractivity contribution in [3.05, 3.63) is 35.4 Å². The number of hydrogen-bond acceptors (Lipinski definition) is 2. The van der Waals surface area contributed by atoms with Crippen molar-refractivity contribution < 1.29 is 14.7 Å². The Morgan fingerprint density at radius 3 is 2.74 bits per heavy atom. The lowest BCUT2D eigenvalue weighted by atomic mass is 9.92. The Kier molecular flexibility index (Phi) is 4.04. The van der Waals surface area contributed by atoms with Gasteiger partial charge in [-0.1, -0.05) is 12.1 Å². The highest BCUT2D eigenvalue weighted by Crippen LogP contribution is 2.23. The van der Waals surface area contributed by atoms with E-state index in [4.69, 9.17) is 5.11 Å². The molecule has 102 valence electrons. The van der Waals surface area contributed by atoms with Crippen molar-refractivity contribution in [1.29, 1.82) is 0 Å². The van der Waals surface area contributed by atoms with Gasteiger partial charge in [-0.3, -0.25) is 0 Å². The van der Waals surface area contributed by atoms with E-state index in [0.29, 0.717) is 12.6 Å². The van der Waals surface area contributed by atoms with E-state index in [0.717, 1.165) is 18.4 Å². The molecule has 0 bridgehead atoms. The summed E-state index contributed by atoms with van der Waals surface area (Å²) in [5, 5.41) is 11.7. The van der Waals surface area contributed by atoms with Gasteiger partial charge in [-0.2, -0.15) is 0 Å². The third-order valence-electron chi connectivity index (χ3n) is 3.56. The Balaban J connectivity index is 1.89. The SMILES string of the molecule is CN(C(=O)NCc1cccc(C(=O)O)c1)C1CCC1. The predicted molar refractivity (Wildman–Crippen MR) is 71.0 cm³/mol. The molecule has 0 aromatic heterocycles. The lowest BCUT2D eigenvalue weighted by Crippen LogP contribution is -2.46. The molecule has 0 atom stereocenters. The van der Waals surface area contributed by atoms with Crippen LogP contribution in [0.5, 0.6) is 0 Å². The fourth-order valence-corrected chi connectivity index (χ4v) is 2.06. The van der Waals surface area contributed by atoms with E-state index in [9.17, 15) is 9.59 Å². The third kappa shape index (κ3) is 3.24. The normalized spacial score (nSPS) is 14.6. The quantitative estimate of drug-likeness (QED) is 0.872. The van der Waals surface area contributed by atoms with Gasteiger partial charge in [0.05, 0.1) is 5.56 Å². The summed E-state index contributed by atoms with van der Waals surface area (Å²) < 4.78 is 0. The zero-order valence-electron chi connectivity index (χ0n) is 10.9. The van der Waals surface area contributed by atoms with Crippen LogP contribution in [-0.2, 0) is 6.54 Å². The maximum atomic E-state index is 11.9. The minimum atomic E-state index is -0.959. The highest BCUT2D eigenvalue weighted by molar-refractivity contribution is 5.87. The predicted octanol–water partition coefficient (Wildman–Crippen LogP) is 2.08. The van der Waals surface area contributed by atoms with Crippen LogP contribution in [0, 0.1) is 0 Å². The first-order valence-electron chi connectivity index (χ1n) is 6.41. The van der Waals surface area contributed by atoms with Gasteiger partial charge in [0.15, 0.2) is 0 Å². The molecule has 0 heterocycles. The molecule has 1 aromatic carbocycles. The summed E-state index contributed by atoms with van der Waals surface area (Å²) in [6.07, 6.45) is 3.32. The average molecular weight is 262 g/mol. The van der Waals surface area contributed by atoms with Gasteiger partial charge in [-0.25, -0.2) is 9.59 Å². The fraction of sp³-hybridized carbons (Fsp3) is 0.429. The molecule has 0 saturated heterocycles. The molecule has 5 heteroatoms. The number of nitrogens with zero attached hydrogens (tertiary/aromatic N) is 1. The van der Waals surface area contributed by atoms with Crippen LogP contribution >= 0.6 is 0 Å². The van der Waals surface area contributed by atoms with Crippen molar-refractivity contribution in [3.63, 3.8) is 0 Å². The summed E-state index contributed by atoms with van der Waals surface area (Å²) in [5.41, 5.74) is 1.02. The van der Waals surface area contributed by atoms with E-state index in [-0.39, 0.29) is 11.6 Å². The maximum Gasteiger partial charge on any atom is 0.335 e. The zero-order chi connectivity index (χ0) is 13.8. The average Bonchev–Trinajstić information content (AvgIpc) is 2.34. The molecular weight excluding hydrogens is 244 g/mol. The summed E-state index contributed by atoms with van der Waals surface area (Å²) in [7, 11) is 1.80. The third-order valence-corrected chi connectivity index (χ3v) is 3.56. The van der Waals surface area contributed by atoms with Crippen molar-refractivity contribution >= 4 is 12.0 Å². The van der Waals surface area contributed by atoms with E-state index in [2.05, 4.69) is 5.32 Å². The number of aromatic carboxylic acids is 1. The molecule has 1 aliphatic carbocycles. The molecule has 2 rings (SSSR count). The van der Waals surface area contributed by atoms with Crippen LogP contribution in [0.4, 0.5) is 4.79 Å². The maximum absolute atomic E-state index is 11.9. The smallest absolute Gasteiger partial charge is 0.335 e. The van der Waals surface area contributed by atoms with Crippen molar-refractivity contribution in [2.24, 2.45) is 0 Å². The topological polar surface area (TPSA) is 69.6 Å². The van der Waals surface area contributed by atoms with Crippen molar-refractivity contribution in [1.82, 2.24) is 10.2 Å². The lowest BCUT2D eigenvalue weighted by Gasteiger charge is -2.34. The summed E-state index contributed by atoms with van der Waals surface area (Å²) in [4.78, 5) is 24.4. The number of carboxylic acids is 1. The van der Waals surface area contributed by atoms with Gasteiger partial charge in [0.2, 0.25) is 0 Å². The first kappa shape index (κ1) is 13.4. The Bertz CT molecular complexity index is 483. The van der Waals surface area contributed by atoms with Gasteiger partial charge < -0.3 is 15.3 Å². The van der Waals surface area contributed by atoms with Gasteiger partial charge in [-0.05, 0) is 37.0 Å². The molecule has 1 aliphatic rings. The second-order valence-corrected chi connectivity index (χ2v) is 4.86. The highest BCUT2D eigenvalue weighted by Gasteiger charge is 2.25. The van der Waals surface area contributed by atoms with E-state index < -0.39 is 5.97 Å². The van der Waals surface area contributed by atoms with E-state index in [1.165, 1.54) is 12.5 Å². The van der Waals surface area contributed by atoms with Gasteiger partial charge in [0, 0.05) is 19.6 Å². The van der Waals surface area contributed by atoms with Crippen LogP contribution in [0.15, 0.2) is 24.3 Å². The first-order valence-corrected chi connectivity index (χ1v) is 6.41. The molecule has 1 aromatic rings. The van der Waals surface area contributed by atoms with Gasteiger partial charge in [0.25, 0.3) is 0 Å². The van der Waals surface area contributed by atoms with Crippen LogP contribution in [-0.4, -0.2) is 35.1 Å². The number of urea groups is 1. The molecule has 0 spiro atoms. The van der Waals surface area contributed by atoms with E-state index in [1.807, 2.05) is 0 Å². The summed E-state index contributed by atoms with van der Waals surface area (Å²) in [5.74, 6) is -0.959. The second kappa shape index (κ2) is 5.73. The number of carboxylic acid groups (broad SMARTS) is 1. The lowest BCUT2D eigenvalue weighted by molar-refractivity contribution is 0.0696. The Morgan fingerprint density at radius 2 is 2.16 bits per heavy atom. The van der Waals surface area contributed by atoms with E-state index in [1.54, 1.807) is 30.1 Å². The van der Waals surface area contributed by atoms with Crippen LogP contribution in [0.2, 0.25) is 0 Å². The van der Waals surface area contributed by atoms with Crippen molar-refractivity contribution in [2.75, 3.05) is 7.05 Å². The highest BCUT2D eigenvalue weighted by atomic mass is 16.4. The number of benzene rings is 1. The number of rotatable bonds is 4.